The number of para-hydroxylation sites is 1. The highest BCUT2D eigenvalue weighted by molar-refractivity contribution is 6.36. The molecule has 0 radical (unpaired) electrons. The molecule has 0 aliphatic carbocycles. The minimum atomic E-state index is -0.559. The molecule has 1 fully saturated rings. The number of anilines is 1. The van der Waals surface area contributed by atoms with Crippen LogP contribution in [0.5, 0.6) is 0 Å². The molecule has 1 aliphatic heterocycles. The zero-order valence-corrected chi connectivity index (χ0v) is 25.6. The minimum Gasteiger partial charge on any atom is -0.378 e. The van der Waals surface area contributed by atoms with Gasteiger partial charge in [0.2, 0.25) is 0 Å². The number of aromatic nitrogens is 4. The number of pyridine rings is 2. The molecule has 7 rings (SSSR count). The Morgan fingerprint density at radius 3 is 2.46 bits per heavy atom. The average Bonchev–Trinajstić information content (AvgIpc) is 3.10. The van der Waals surface area contributed by atoms with Crippen LogP contribution in [0, 0.1) is 0 Å². The number of hydrogen-bond acceptors (Lipinski definition) is 7. The third-order valence-corrected chi connectivity index (χ3v) is 8.65. The van der Waals surface area contributed by atoms with E-state index < -0.39 is 6.04 Å². The molecular weight excluding hydrogens is 604 g/mol. The van der Waals surface area contributed by atoms with Crippen LogP contribution in [0.4, 0.5) is 5.82 Å². The monoisotopic (exact) mass is 632 g/mol. The fourth-order valence-corrected chi connectivity index (χ4v) is 6.42. The van der Waals surface area contributed by atoms with E-state index in [2.05, 4.69) is 20.3 Å². The third-order valence-electron chi connectivity index (χ3n) is 8.25. The van der Waals surface area contributed by atoms with Gasteiger partial charge in [0.05, 0.1) is 35.4 Å². The Morgan fingerprint density at radius 2 is 1.70 bits per heavy atom. The van der Waals surface area contributed by atoms with Crippen molar-refractivity contribution < 1.29 is 9.53 Å². The van der Waals surface area contributed by atoms with Gasteiger partial charge in [0, 0.05) is 42.0 Å². The van der Waals surface area contributed by atoms with Crippen LogP contribution in [0.25, 0.3) is 38.6 Å². The second-order valence-corrected chi connectivity index (χ2v) is 11.4. The second kappa shape index (κ2) is 12.2. The molecule has 4 heterocycles. The molecule has 230 valence electrons. The van der Waals surface area contributed by atoms with E-state index >= 15 is 0 Å². The van der Waals surface area contributed by atoms with Crippen molar-refractivity contribution in [3.63, 3.8) is 0 Å². The first-order valence-corrected chi connectivity index (χ1v) is 15.3. The number of nitrogens with zero attached hydrogens (tertiary/aromatic N) is 4. The molecule has 11 heteroatoms. The summed E-state index contributed by atoms with van der Waals surface area (Å²) in [5, 5.41) is 5.03. The van der Waals surface area contributed by atoms with Crippen molar-refractivity contribution in [2.45, 2.75) is 13.0 Å². The van der Waals surface area contributed by atoms with Gasteiger partial charge in [-0.2, -0.15) is 0 Å². The molecule has 1 amide bonds. The SMILES string of the molecule is C[C@H](Nc1ncnc2[nH]ccc(=O)c12)c1c(Cl)c2cccc(-c3ccc(C(=O)N4CCOCC4)cc3)c2c(=O)n1-c1ccccc1. The van der Waals surface area contributed by atoms with Crippen molar-refractivity contribution >= 4 is 45.1 Å². The Kier molecular flexibility index (Phi) is 7.81. The van der Waals surface area contributed by atoms with E-state index in [1.165, 1.54) is 18.6 Å². The summed E-state index contributed by atoms with van der Waals surface area (Å²) in [5.74, 6) is 0.273. The van der Waals surface area contributed by atoms with Gasteiger partial charge < -0.3 is 19.9 Å². The Bertz CT molecular complexity index is 2210. The van der Waals surface area contributed by atoms with E-state index in [9.17, 15) is 14.4 Å². The van der Waals surface area contributed by atoms with Crippen LogP contribution in [0.3, 0.4) is 0 Å². The molecule has 0 spiro atoms. The van der Waals surface area contributed by atoms with Gasteiger partial charge in [0.1, 0.15) is 23.2 Å². The number of rotatable bonds is 6. The van der Waals surface area contributed by atoms with E-state index in [0.717, 1.165) is 5.56 Å². The van der Waals surface area contributed by atoms with Crippen molar-refractivity contribution in [2.75, 3.05) is 31.6 Å². The van der Waals surface area contributed by atoms with Gasteiger partial charge in [-0.05, 0) is 42.3 Å². The number of ether oxygens (including phenoxy) is 1. The highest BCUT2D eigenvalue weighted by atomic mass is 35.5. The third kappa shape index (κ3) is 5.21. The molecule has 0 unspecified atom stereocenters. The van der Waals surface area contributed by atoms with Gasteiger partial charge in [-0.1, -0.05) is 60.1 Å². The van der Waals surface area contributed by atoms with Gasteiger partial charge in [0.15, 0.2) is 5.43 Å². The Hall–Kier alpha value is -5.32. The summed E-state index contributed by atoms with van der Waals surface area (Å²) in [7, 11) is 0. The van der Waals surface area contributed by atoms with Gasteiger partial charge in [0.25, 0.3) is 11.5 Å². The molecule has 1 saturated heterocycles. The number of H-pyrrole nitrogens is 1. The molecule has 46 heavy (non-hydrogen) atoms. The summed E-state index contributed by atoms with van der Waals surface area (Å²) >= 11 is 7.23. The topological polar surface area (TPSA) is 122 Å². The molecule has 0 saturated carbocycles. The molecule has 3 aromatic carbocycles. The smallest absolute Gasteiger partial charge is 0.263 e. The van der Waals surface area contributed by atoms with Gasteiger partial charge in [-0.15, -0.1) is 0 Å². The lowest BCUT2D eigenvalue weighted by atomic mass is 9.96. The lowest BCUT2D eigenvalue weighted by Crippen LogP contribution is -2.40. The summed E-state index contributed by atoms with van der Waals surface area (Å²) in [4.78, 5) is 53.7. The fourth-order valence-electron chi connectivity index (χ4n) is 6.01. The van der Waals surface area contributed by atoms with Crippen LogP contribution >= 0.6 is 11.6 Å². The van der Waals surface area contributed by atoms with Crippen LogP contribution in [-0.4, -0.2) is 56.6 Å². The lowest BCUT2D eigenvalue weighted by molar-refractivity contribution is 0.0303. The number of halogens is 1. The molecule has 3 aromatic heterocycles. The number of carbonyl (C=O) groups excluding carboxylic acids is 1. The maximum absolute atomic E-state index is 14.6. The van der Waals surface area contributed by atoms with Gasteiger partial charge in [-0.3, -0.25) is 19.0 Å². The second-order valence-electron chi connectivity index (χ2n) is 11.0. The number of hydrogen-bond donors (Lipinski definition) is 2. The van der Waals surface area contributed by atoms with Crippen LogP contribution in [-0.2, 0) is 4.74 Å². The fraction of sp³-hybridized carbons (Fsp3) is 0.171. The number of amides is 1. The highest BCUT2D eigenvalue weighted by Crippen LogP contribution is 2.36. The van der Waals surface area contributed by atoms with E-state index in [-0.39, 0.29) is 16.9 Å². The first-order chi connectivity index (χ1) is 22.4. The number of benzene rings is 3. The molecule has 1 aliphatic rings. The van der Waals surface area contributed by atoms with Gasteiger partial charge >= 0.3 is 0 Å². The molecule has 2 N–H and O–H groups in total. The van der Waals surface area contributed by atoms with Crippen molar-refractivity contribution in [1.82, 2.24) is 24.4 Å². The minimum absolute atomic E-state index is 0.0492. The van der Waals surface area contributed by atoms with Crippen molar-refractivity contribution in [1.29, 1.82) is 0 Å². The standard InChI is InChI=1S/C35H29ClN6O4/c1-21(40-33-29-27(43)14-15-37-32(29)38-20-39-33)31-30(36)26-9-5-8-25(28(26)35(45)42(31)24-6-3-2-4-7-24)22-10-12-23(13-11-22)34(44)41-16-18-46-19-17-41/h2-15,20-21H,16-19H2,1H3,(H2,37,38,39,40,43)/t21-/m0/s1. The van der Waals surface area contributed by atoms with E-state index in [1.807, 2.05) is 67.6 Å². The Labute approximate surface area is 268 Å². The maximum atomic E-state index is 14.6. The number of carbonyl (C=O) groups is 1. The van der Waals surface area contributed by atoms with Gasteiger partial charge in [-0.25, -0.2) is 9.97 Å². The van der Waals surface area contributed by atoms with Crippen molar-refractivity contribution in [3.05, 3.63) is 128 Å². The summed E-state index contributed by atoms with van der Waals surface area (Å²) in [6, 6.07) is 23.0. The van der Waals surface area contributed by atoms with E-state index in [0.29, 0.717) is 81.5 Å². The molecule has 10 nitrogen and oxygen atoms in total. The van der Waals surface area contributed by atoms with E-state index in [4.69, 9.17) is 16.3 Å². The summed E-state index contributed by atoms with van der Waals surface area (Å²) in [5.41, 5.74) is 3.08. The molecular formula is C35H29ClN6O4. The quantitative estimate of drug-likeness (QED) is 0.246. The predicted molar refractivity (Wildman–Crippen MR) is 179 cm³/mol. The average molecular weight is 633 g/mol. The van der Waals surface area contributed by atoms with Crippen LogP contribution < -0.4 is 16.3 Å². The van der Waals surface area contributed by atoms with E-state index in [1.54, 1.807) is 21.6 Å². The largest absolute Gasteiger partial charge is 0.378 e. The normalized spacial score (nSPS) is 14.0. The first kappa shape index (κ1) is 29.4. The van der Waals surface area contributed by atoms with Crippen LogP contribution in [0.1, 0.15) is 29.0 Å². The predicted octanol–water partition coefficient (Wildman–Crippen LogP) is 5.59. The Morgan fingerprint density at radius 1 is 0.935 bits per heavy atom. The van der Waals surface area contributed by atoms with Crippen LogP contribution in [0.15, 0.2) is 101 Å². The van der Waals surface area contributed by atoms with Crippen molar-refractivity contribution in [3.8, 4) is 16.8 Å². The Balaban J connectivity index is 1.37. The summed E-state index contributed by atoms with van der Waals surface area (Å²) < 4.78 is 6.99. The zero-order valence-electron chi connectivity index (χ0n) is 24.9. The molecule has 0 bridgehead atoms. The van der Waals surface area contributed by atoms with Crippen LogP contribution in [0.2, 0.25) is 5.02 Å². The molecule has 1 atom stereocenters. The van der Waals surface area contributed by atoms with Crippen molar-refractivity contribution in [2.24, 2.45) is 0 Å². The molecule has 6 aromatic rings. The number of aromatic amines is 1. The maximum Gasteiger partial charge on any atom is 0.263 e. The number of nitrogens with one attached hydrogen (secondary N) is 2. The first-order valence-electron chi connectivity index (χ1n) is 14.9. The number of morpholine rings is 1. The zero-order chi connectivity index (χ0) is 31.8. The lowest BCUT2D eigenvalue weighted by Gasteiger charge is -2.27. The summed E-state index contributed by atoms with van der Waals surface area (Å²) in [6.45, 7) is 4.03. The number of fused-ring (bicyclic) bond motifs is 2. The summed E-state index contributed by atoms with van der Waals surface area (Å²) in [6.07, 6.45) is 2.90. The highest BCUT2D eigenvalue weighted by Gasteiger charge is 2.25.